The summed E-state index contributed by atoms with van der Waals surface area (Å²) >= 11 is 5.72. The van der Waals surface area contributed by atoms with Gasteiger partial charge < -0.3 is 5.32 Å². The lowest BCUT2D eigenvalue weighted by atomic mass is 10.1. The second kappa shape index (κ2) is 10.2. The number of benzene rings is 1. The molecule has 0 unspecified atom stereocenters. The minimum Gasteiger partial charge on any atom is -0.313 e. The Morgan fingerprint density at radius 2 is 1.94 bits per heavy atom. The molecule has 0 atom stereocenters. The van der Waals surface area contributed by atoms with Gasteiger partial charge >= 0.3 is 0 Å². The molecule has 0 fully saturated rings. The highest BCUT2D eigenvalue weighted by atomic mass is 35.5. The molecule has 0 radical (unpaired) electrons. The highest BCUT2D eigenvalue weighted by Crippen LogP contribution is 2.13. The zero-order valence-corrected chi connectivity index (χ0v) is 12.9. The first-order valence-electron chi connectivity index (χ1n) is 6.55. The van der Waals surface area contributed by atoms with E-state index in [1.165, 1.54) is 29.5 Å². The first kappa shape index (κ1) is 17.2. The monoisotopic (exact) mass is 267 g/mol. The van der Waals surface area contributed by atoms with Crippen molar-refractivity contribution in [1.29, 1.82) is 0 Å². The Morgan fingerprint density at radius 1 is 1.28 bits per heavy atom. The molecule has 0 aliphatic carbocycles. The Hall–Kier alpha value is -0.790. The summed E-state index contributed by atoms with van der Waals surface area (Å²) in [5, 5.41) is 4.10. The van der Waals surface area contributed by atoms with Gasteiger partial charge in [0, 0.05) is 11.6 Å². The Labute approximate surface area is 117 Å². The van der Waals surface area contributed by atoms with Gasteiger partial charge in [-0.1, -0.05) is 43.2 Å². The zero-order chi connectivity index (χ0) is 14.0. The van der Waals surface area contributed by atoms with E-state index in [9.17, 15) is 0 Å². The van der Waals surface area contributed by atoms with Gasteiger partial charge in [0.2, 0.25) is 0 Å². The lowest BCUT2D eigenvalue weighted by molar-refractivity contribution is 0.672. The standard InChI is InChI=1S/C8H9Cl.C8H17N/c1-6-3-4-8(9)5-7(6)2;1-4-5-6-9-7-8(2)3/h3-5H,1-2H3;9H,2,4-7H2,1,3H3. The van der Waals surface area contributed by atoms with Crippen molar-refractivity contribution in [2.45, 2.75) is 40.5 Å². The van der Waals surface area contributed by atoms with Crippen LogP contribution in [0.4, 0.5) is 0 Å². The summed E-state index contributed by atoms with van der Waals surface area (Å²) in [7, 11) is 0. The number of halogens is 1. The summed E-state index contributed by atoms with van der Waals surface area (Å²) in [6.45, 7) is 14.3. The molecule has 1 aromatic rings. The Balaban J connectivity index is 0.000000321. The summed E-state index contributed by atoms with van der Waals surface area (Å²) in [5.41, 5.74) is 3.76. The molecule has 102 valence electrons. The summed E-state index contributed by atoms with van der Waals surface area (Å²) in [6.07, 6.45) is 2.54. The normalized spacial score (nSPS) is 9.61. The molecule has 0 heterocycles. The molecule has 0 amide bonds. The van der Waals surface area contributed by atoms with Gasteiger partial charge in [-0.15, -0.1) is 0 Å². The SMILES string of the molecule is C=C(C)CNCCCC.Cc1ccc(Cl)cc1C. The largest absolute Gasteiger partial charge is 0.313 e. The van der Waals surface area contributed by atoms with Crippen LogP contribution in [0.15, 0.2) is 30.4 Å². The van der Waals surface area contributed by atoms with Gasteiger partial charge in [0.1, 0.15) is 0 Å². The highest BCUT2D eigenvalue weighted by Gasteiger charge is 1.90. The zero-order valence-electron chi connectivity index (χ0n) is 12.1. The van der Waals surface area contributed by atoms with Gasteiger partial charge in [0.05, 0.1) is 0 Å². The third kappa shape index (κ3) is 9.26. The average Bonchev–Trinajstić information content (AvgIpc) is 2.31. The minimum absolute atomic E-state index is 0.818. The molecule has 0 saturated heterocycles. The number of nitrogens with one attached hydrogen (secondary N) is 1. The predicted molar refractivity (Wildman–Crippen MR) is 83.5 cm³/mol. The maximum Gasteiger partial charge on any atom is 0.0408 e. The van der Waals surface area contributed by atoms with E-state index in [-0.39, 0.29) is 0 Å². The van der Waals surface area contributed by atoms with Crippen molar-refractivity contribution in [3.8, 4) is 0 Å². The van der Waals surface area contributed by atoms with E-state index in [0.29, 0.717) is 0 Å². The van der Waals surface area contributed by atoms with Crippen LogP contribution >= 0.6 is 11.6 Å². The van der Waals surface area contributed by atoms with Crippen LogP contribution in [0.25, 0.3) is 0 Å². The first-order valence-corrected chi connectivity index (χ1v) is 6.93. The molecule has 1 N–H and O–H groups in total. The number of rotatable bonds is 5. The van der Waals surface area contributed by atoms with Gasteiger partial charge in [-0.2, -0.15) is 0 Å². The molecule has 1 nitrogen and oxygen atoms in total. The Kier molecular flexibility index (Phi) is 9.72. The second-order valence-electron chi connectivity index (χ2n) is 4.72. The smallest absolute Gasteiger partial charge is 0.0408 e. The van der Waals surface area contributed by atoms with Crippen molar-refractivity contribution in [1.82, 2.24) is 5.32 Å². The van der Waals surface area contributed by atoms with Crippen LogP contribution < -0.4 is 5.32 Å². The number of hydrogen-bond donors (Lipinski definition) is 1. The van der Waals surface area contributed by atoms with Gasteiger partial charge in [-0.3, -0.25) is 0 Å². The fraction of sp³-hybridized carbons (Fsp3) is 0.500. The van der Waals surface area contributed by atoms with Crippen molar-refractivity contribution in [2.24, 2.45) is 0 Å². The Bertz CT molecular complexity index is 358. The van der Waals surface area contributed by atoms with Crippen LogP contribution in [0.5, 0.6) is 0 Å². The van der Waals surface area contributed by atoms with Crippen molar-refractivity contribution in [3.05, 3.63) is 46.5 Å². The number of hydrogen-bond acceptors (Lipinski definition) is 1. The molecule has 0 spiro atoms. The van der Waals surface area contributed by atoms with E-state index in [2.05, 4.69) is 32.7 Å². The summed E-state index contributed by atoms with van der Waals surface area (Å²) in [4.78, 5) is 0. The summed E-state index contributed by atoms with van der Waals surface area (Å²) < 4.78 is 0. The highest BCUT2D eigenvalue weighted by molar-refractivity contribution is 6.30. The molecule has 1 aromatic carbocycles. The van der Waals surface area contributed by atoms with Crippen LogP contribution in [0.1, 0.15) is 37.8 Å². The van der Waals surface area contributed by atoms with Crippen LogP contribution in [-0.2, 0) is 0 Å². The second-order valence-corrected chi connectivity index (χ2v) is 5.15. The molecule has 0 aliphatic heterocycles. The number of aryl methyl sites for hydroxylation is 2. The van der Waals surface area contributed by atoms with E-state index in [4.69, 9.17) is 11.6 Å². The lowest BCUT2D eigenvalue weighted by Crippen LogP contribution is -2.16. The maximum atomic E-state index is 5.72. The summed E-state index contributed by atoms with van der Waals surface area (Å²) in [6, 6.07) is 5.90. The van der Waals surface area contributed by atoms with E-state index >= 15 is 0 Å². The molecule has 0 aromatic heterocycles. The molecule has 1 rings (SSSR count). The third-order valence-electron chi connectivity index (χ3n) is 2.60. The summed E-state index contributed by atoms with van der Waals surface area (Å²) in [5.74, 6) is 0. The average molecular weight is 268 g/mol. The van der Waals surface area contributed by atoms with Crippen molar-refractivity contribution in [2.75, 3.05) is 13.1 Å². The third-order valence-corrected chi connectivity index (χ3v) is 2.84. The van der Waals surface area contributed by atoms with E-state index in [1.54, 1.807) is 0 Å². The first-order chi connectivity index (χ1) is 8.47. The van der Waals surface area contributed by atoms with Crippen LogP contribution in [0.3, 0.4) is 0 Å². The lowest BCUT2D eigenvalue weighted by Gasteiger charge is -2.00. The molecular formula is C16H26ClN. The van der Waals surface area contributed by atoms with E-state index < -0.39 is 0 Å². The maximum absolute atomic E-state index is 5.72. The van der Waals surface area contributed by atoms with Crippen LogP contribution in [-0.4, -0.2) is 13.1 Å². The van der Waals surface area contributed by atoms with Crippen molar-refractivity contribution >= 4 is 11.6 Å². The molecule has 2 heteroatoms. The topological polar surface area (TPSA) is 12.0 Å². The fourth-order valence-electron chi connectivity index (χ4n) is 1.31. The van der Waals surface area contributed by atoms with Crippen molar-refractivity contribution < 1.29 is 0 Å². The molecule has 0 aliphatic rings. The molecule has 0 saturated carbocycles. The Morgan fingerprint density at radius 3 is 2.39 bits per heavy atom. The molecule has 18 heavy (non-hydrogen) atoms. The van der Waals surface area contributed by atoms with E-state index in [0.717, 1.165) is 18.1 Å². The van der Waals surface area contributed by atoms with Crippen molar-refractivity contribution in [3.63, 3.8) is 0 Å². The quantitative estimate of drug-likeness (QED) is 0.590. The predicted octanol–water partition coefficient (Wildman–Crippen LogP) is 4.91. The van der Waals surface area contributed by atoms with Gasteiger partial charge in [0.25, 0.3) is 0 Å². The minimum atomic E-state index is 0.818. The fourth-order valence-corrected chi connectivity index (χ4v) is 1.54. The van der Waals surface area contributed by atoms with E-state index in [1.807, 2.05) is 25.1 Å². The van der Waals surface area contributed by atoms with Gasteiger partial charge in [-0.05, 0) is 57.0 Å². The molecule has 0 bridgehead atoms. The van der Waals surface area contributed by atoms with Crippen LogP contribution in [0.2, 0.25) is 5.02 Å². The van der Waals surface area contributed by atoms with Gasteiger partial charge in [0.15, 0.2) is 0 Å². The van der Waals surface area contributed by atoms with Gasteiger partial charge in [-0.25, -0.2) is 0 Å². The number of unbranched alkanes of at least 4 members (excludes halogenated alkanes) is 1. The molecular weight excluding hydrogens is 242 g/mol. The van der Waals surface area contributed by atoms with Crippen LogP contribution in [0, 0.1) is 13.8 Å².